The number of cyclic esters (lactones) is 1. The van der Waals surface area contributed by atoms with Crippen molar-refractivity contribution < 1.29 is 19.7 Å². The van der Waals surface area contributed by atoms with E-state index in [2.05, 4.69) is 13.8 Å². The van der Waals surface area contributed by atoms with Gasteiger partial charge in [-0.05, 0) is 12.3 Å². The standard InChI is InChI=1S/C13H24O4/c1-9(2)5-3-4-6-11(15)12-10(7-14)8-17-13(12)16/h9-12,14-15H,3-8H2,1-2H3/t10-,11+,12-/m0/s1. The summed E-state index contributed by atoms with van der Waals surface area (Å²) in [6.45, 7) is 4.49. The van der Waals surface area contributed by atoms with Crippen molar-refractivity contribution in [3.05, 3.63) is 0 Å². The molecule has 4 nitrogen and oxygen atoms in total. The minimum Gasteiger partial charge on any atom is -0.465 e. The SMILES string of the molecule is CC(C)CCCC[C@@H](O)[C@H]1C(=O)OC[C@@H]1CO. The molecule has 0 aromatic carbocycles. The Bertz CT molecular complexity index is 240. The minimum absolute atomic E-state index is 0.0978. The predicted molar refractivity (Wildman–Crippen MR) is 64.3 cm³/mol. The number of carbonyl (C=O) groups is 1. The fourth-order valence-corrected chi connectivity index (χ4v) is 2.30. The number of rotatable bonds is 7. The number of aliphatic hydroxyl groups excluding tert-OH is 2. The van der Waals surface area contributed by atoms with Gasteiger partial charge in [0.2, 0.25) is 0 Å². The molecule has 1 saturated heterocycles. The molecule has 0 radical (unpaired) electrons. The van der Waals surface area contributed by atoms with E-state index in [0.29, 0.717) is 12.3 Å². The summed E-state index contributed by atoms with van der Waals surface area (Å²) >= 11 is 0. The van der Waals surface area contributed by atoms with Crippen molar-refractivity contribution in [1.29, 1.82) is 0 Å². The summed E-state index contributed by atoms with van der Waals surface area (Å²) in [6, 6.07) is 0. The van der Waals surface area contributed by atoms with Gasteiger partial charge < -0.3 is 14.9 Å². The van der Waals surface area contributed by atoms with Crippen LogP contribution in [0.5, 0.6) is 0 Å². The topological polar surface area (TPSA) is 66.8 Å². The van der Waals surface area contributed by atoms with Gasteiger partial charge in [0.15, 0.2) is 0 Å². The quantitative estimate of drug-likeness (QED) is 0.524. The van der Waals surface area contributed by atoms with E-state index < -0.39 is 12.0 Å². The summed E-state index contributed by atoms with van der Waals surface area (Å²) in [4.78, 5) is 11.4. The van der Waals surface area contributed by atoms with Gasteiger partial charge in [-0.2, -0.15) is 0 Å². The number of ether oxygens (including phenoxy) is 1. The number of carbonyl (C=O) groups excluding carboxylic acids is 1. The van der Waals surface area contributed by atoms with Gasteiger partial charge in [-0.3, -0.25) is 4.79 Å². The van der Waals surface area contributed by atoms with Crippen LogP contribution in [0.1, 0.15) is 39.5 Å². The van der Waals surface area contributed by atoms with E-state index in [-0.39, 0.29) is 25.1 Å². The summed E-state index contributed by atoms with van der Waals surface area (Å²) in [5.74, 6) is -0.448. The molecule has 1 aliphatic heterocycles. The molecule has 17 heavy (non-hydrogen) atoms. The first-order valence-electron chi connectivity index (χ1n) is 6.51. The predicted octanol–water partition coefficient (Wildman–Crippen LogP) is 1.35. The van der Waals surface area contributed by atoms with Crippen molar-refractivity contribution in [2.75, 3.05) is 13.2 Å². The average molecular weight is 244 g/mol. The zero-order valence-corrected chi connectivity index (χ0v) is 10.8. The fraction of sp³-hybridized carbons (Fsp3) is 0.923. The van der Waals surface area contributed by atoms with Gasteiger partial charge in [0.25, 0.3) is 0 Å². The van der Waals surface area contributed by atoms with Gasteiger partial charge in [-0.1, -0.05) is 33.1 Å². The van der Waals surface area contributed by atoms with Crippen LogP contribution >= 0.6 is 0 Å². The molecule has 100 valence electrons. The molecule has 1 heterocycles. The van der Waals surface area contributed by atoms with Crippen molar-refractivity contribution in [3.8, 4) is 0 Å². The van der Waals surface area contributed by atoms with Crippen molar-refractivity contribution >= 4 is 5.97 Å². The highest BCUT2D eigenvalue weighted by Gasteiger charge is 2.41. The molecule has 0 aromatic heterocycles. The van der Waals surface area contributed by atoms with Crippen molar-refractivity contribution in [1.82, 2.24) is 0 Å². The van der Waals surface area contributed by atoms with E-state index in [9.17, 15) is 9.90 Å². The molecule has 1 rings (SSSR count). The van der Waals surface area contributed by atoms with Crippen molar-refractivity contribution in [2.45, 2.75) is 45.6 Å². The molecule has 0 saturated carbocycles. The second kappa shape index (κ2) is 6.97. The van der Waals surface area contributed by atoms with Crippen LogP contribution in [0.25, 0.3) is 0 Å². The van der Waals surface area contributed by atoms with E-state index in [4.69, 9.17) is 9.84 Å². The Kier molecular flexibility index (Phi) is 5.92. The van der Waals surface area contributed by atoms with Crippen LogP contribution in [0.2, 0.25) is 0 Å². The van der Waals surface area contributed by atoms with Gasteiger partial charge in [-0.15, -0.1) is 0 Å². The van der Waals surface area contributed by atoms with E-state index >= 15 is 0 Å². The summed E-state index contributed by atoms with van der Waals surface area (Å²) < 4.78 is 4.88. The zero-order valence-electron chi connectivity index (χ0n) is 10.8. The van der Waals surface area contributed by atoms with Crippen LogP contribution in [0.15, 0.2) is 0 Å². The first-order chi connectivity index (χ1) is 8.06. The van der Waals surface area contributed by atoms with Crippen LogP contribution in [0, 0.1) is 17.8 Å². The number of esters is 1. The highest BCUT2D eigenvalue weighted by atomic mass is 16.5. The lowest BCUT2D eigenvalue weighted by atomic mass is 9.88. The Hall–Kier alpha value is -0.610. The third kappa shape index (κ3) is 4.28. The molecule has 0 spiro atoms. The molecule has 2 N–H and O–H groups in total. The minimum atomic E-state index is -0.672. The van der Waals surface area contributed by atoms with Crippen LogP contribution in [-0.4, -0.2) is 35.5 Å². The summed E-state index contributed by atoms with van der Waals surface area (Å²) in [7, 11) is 0. The number of hydrogen-bond donors (Lipinski definition) is 2. The lowest BCUT2D eigenvalue weighted by molar-refractivity contribution is -0.144. The maximum absolute atomic E-state index is 11.4. The van der Waals surface area contributed by atoms with Crippen LogP contribution in [-0.2, 0) is 9.53 Å². The van der Waals surface area contributed by atoms with Crippen molar-refractivity contribution in [3.63, 3.8) is 0 Å². The molecule has 4 heteroatoms. The Balaban J connectivity index is 2.30. The van der Waals surface area contributed by atoms with Gasteiger partial charge in [-0.25, -0.2) is 0 Å². The second-order valence-corrected chi connectivity index (χ2v) is 5.34. The lowest BCUT2D eigenvalue weighted by Crippen LogP contribution is -2.31. The first-order valence-corrected chi connectivity index (χ1v) is 6.51. The van der Waals surface area contributed by atoms with Crippen molar-refractivity contribution in [2.24, 2.45) is 17.8 Å². The highest BCUT2D eigenvalue weighted by Crippen LogP contribution is 2.27. The Morgan fingerprint density at radius 3 is 2.59 bits per heavy atom. The lowest BCUT2D eigenvalue weighted by Gasteiger charge is -2.19. The molecular formula is C13H24O4. The number of aliphatic hydroxyl groups is 2. The second-order valence-electron chi connectivity index (χ2n) is 5.34. The average Bonchev–Trinajstić information content (AvgIpc) is 2.65. The van der Waals surface area contributed by atoms with E-state index in [1.807, 2.05) is 0 Å². The summed E-state index contributed by atoms with van der Waals surface area (Å²) in [5, 5.41) is 19.1. The number of unbranched alkanes of at least 4 members (excludes halogenated alkanes) is 1. The molecule has 0 aliphatic carbocycles. The van der Waals surface area contributed by atoms with Gasteiger partial charge in [0.05, 0.1) is 25.2 Å². The van der Waals surface area contributed by atoms with Crippen LogP contribution in [0.4, 0.5) is 0 Å². The van der Waals surface area contributed by atoms with E-state index in [1.54, 1.807) is 0 Å². The Labute approximate surface area is 103 Å². The van der Waals surface area contributed by atoms with Gasteiger partial charge in [0.1, 0.15) is 0 Å². The molecule has 0 aromatic rings. The van der Waals surface area contributed by atoms with Crippen LogP contribution < -0.4 is 0 Å². The Morgan fingerprint density at radius 1 is 1.35 bits per heavy atom. The molecule has 3 atom stereocenters. The van der Waals surface area contributed by atoms with E-state index in [0.717, 1.165) is 19.3 Å². The normalized spacial score (nSPS) is 26.3. The zero-order chi connectivity index (χ0) is 12.8. The highest BCUT2D eigenvalue weighted by molar-refractivity contribution is 5.75. The smallest absolute Gasteiger partial charge is 0.312 e. The monoisotopic (exact) mass is 244 g/mol. The molecular weight excluding hydrogens is 220 g/mol. The third-order valence-corrected chi connectivity index (χ3v) is 3.40. The molecule has 0 bridgehead atoms. The number of hydrogen-bond acceptors (Lipinski definition) is 4. The Morgan fingerprint density at radius 2 is 2.00 bits per heavy atom. The summed E-state index contributed by atoms with van der Waals surface area (Å²) in [6.07, 6.45) is 3.07. The maximum Gasteiger partial charge on any atom is 0.312 e. The largest absolute Gasteiger partial charge is 0.465 e. The summed E-state index contributed by atoms with van der Waals surface area (Å²) in [5.41, 5.74) is 0. The first kappa shape index (κ1) is 14.5. The van der Waals surface area contributed by atoms with Gasteiger partial charge >= 0.3 is 5.97 Å². The molecule has 1 fully saturated rings. The molecule has 0 amide bonds. The maximum atomic E-state index is 11.4. The third-order valence-electron chi connectivity index (χ3n) is 3.40. The van der Waals surface area contributed by atoms with Gasteiger partial charge in [0, 0.05) is 5.92 Å². The molecule has 0 unspecified atom stereocenters. The van der Waals surface area contributed by atoms with Crippen LogP contribution in [0.3, 0.4) is 0 Å². The molecule has 1 aliphatic rings. The fourth-order valence-electron chi connectivity index (χ4n) is 2.30. The van der Waals surface area contributed by atoms with E-state index in [1.165, 1.54) is 0 Å².